The molecule has 0 aliphatic carbocycles. The topological polar surface area (TPSA) is 38.5 Å². The lowest BCUT2D eigenvalue weighted by atomic mass is 10.1. The van der Waals surface area contributed by atoms with Gasteiger partial charge in [0.15, 0.2) is 0 Å². The molecular formula is C14H26N2OS. The molecule has 0 atom stereocenters. The molecule has 1 aromatic rings. The van der Waals surface area contributed by atoms with E-state index in [4.69, 9.17) is 10.5 Å². The molecular weight excluding hydrogens is 244 g/mol. The fraction of sp³-hybridized carbons (Fsp3) is 0.714. The van der Waals surface area contributed by atoms with Gasteiger partial charge in [0.25, 0.3) is 0 Å². The molecule has 0 amide bonds. The highest BCUT2D eigenvalue weighted by molar-refractivity contribution is 7.12. The van der Waals surface area contributed by atoms with Crippen LogP contribution in [0.4, 0.5) is 0 Å². The molecule has 18 heavy (non-hydrogen) atoms. The minimum absolute atomic E-state index is 0.647. The second-order valence-corrected chi connectivity index (χ2v) is 6.46. The van der Waals surface area contributed by atoms with E-state index < -0.39 is 0 Å². The average Bonchev–Trinajstić information content (AvgIpc) is 2.66. The number of hydrogen-bond donors (Lipinski definition) is 1. The van der Waals surface area contributed by atoms with Gasteiger partial charge in [0.05, 0.1) is 6.61 Å². The Bertz CT molecular complexity index is 350. The van der Waals surface area contributed by atoms with Gasteiger partial charge in [-0.3, -0.25) is 4.90 Å². The van der Waals surface area contributed by atoms with Gasteiger partial charge in [0.1, 0.15) is 0 Å². The van der Waals surface area contributed by atoms with Crippen molar-refractivity contribution >= 4 is 11.3 Å². The minimum Gasteiger partial charge on any atom is -0.383 e. The van der Waals surface area contributed by atoms with Gasteiger partial charge in [-0.1, -0.05) is 13.8 Å². The highest BCUT2D eigenvalue weighted by Gasteiger charge is 2.11. The first-order valence-electron chi connectivity index (χ1n) is 6.56. The molecule has 1 rings (SSSR count). The largest absolute Gasteiger partial charge is 0.383 e. The van der Waals surface area contributed by atoms with Gasteiger partial charge in [-0.25, -0.2) is 0 Å². The summed E-state index contributed by atoms with van der Waals surface area (Å²) in [6.45, 7) is 11.2. The van der Waals surface area contributed by atoms with Crippen molar-refractivity contribution in [3.8, 4) is 0 Å². The lowest BCUT2D eigenvalue weighted by molar-refractivity contribution is 0.136. The highest BCUT2D eigenvalue weighted by atomic mass is 32.1. The predicted octanol–water partition coefficient (Wildman–Crippen LogP) is 2.62. The van der Waals surface area contributed by atoms with E-state index in [9.17, 15) is 0 Å². The van der Waals surface area contributed by atoms with E-state index in [-0.39, 0.29) is 0 Å². The van der Waals surface area contributed by atoms with Crippen LogP contribution >= 0.6 is 11.3 Å². The average molecular weight is 270 g/mol. The minimum atomic E-state index is 0.647. The third-order valence-electron chi connectivity index (χ3n) is 2.90. The van der Waals surface area contributed by atoms with Crippen LogP contribution in [0.2, 0.25) is 0 Å². The van der Waals surface area contributed by atoms with Crippen molar-refractivity contribution < 1.29 is 4.74 Å². The summed E-state index contributed by atoms with van der Waals surface area (Å²) in [5.41, 5.74) is 7.11. The van der Waals surface area contributed by atoms with Crippen LogP contribution < -0.4 is 5.73 Å². The SMILES string of the molecule is COCCN(Cc1cc(CN)sc1C)CC(C)C. The van der Waals surface area contributed by atoms with Gasteiger partial charge in [-0.05, 0) is 24.5 Å². The standard InChI is InChI=1S/C14H26N2OS/c1-11(2)9-16(5-6-17-4)10-13-7-14(8-15)18-12(13)3/h7,11H,5-6,8-10,15H2,1-4H3. The van der Waals surface area contributed by atoms with Crippen LogP contribution in [0.25, 0.3) is 0 Å². The van der Waals surface area contributed by atoms with E-state index in [0.717, 1.165) is 26.2 Å². The Morgan fingerprint density at radius 3 is 2.67 bits per heavy atom. The number of thiophene rings is 1. The van der Waals surface area contributed by atoms with E-state index in [0.29, 0.717) is 12.5 Å². The maximum absolute atomic E-state index is 5.70. The molecule has 0 unspecified atom stereocenters. The lowest BCUT2D eigenvalue weighted by Crippen LogP contribution is -2.30. The smallest absolute Gasteiger partial charge is 0.0589 e. The van der Waals surface area contributed by atoms with Crippen LogP contribution in [0.5, 0.6) is 0 Å². The number of ether oxygens (including phenoxy) is 1. The Morgan fingerprint density at radius 1 is 1.44 bits per heavy atom. The predicted molar refractivity (Wildman–Crippen MR) is 78.9 cm³/mol. The fourth-order valence-electron chi connectivity index (χ4n) is 2.06. The van der Waals surface area contributed by atoms with Crippen molar-refractivity contribution in [2.45, 2.75) is 33.9 Å². The molecule has 0 saturated carbocycles. The zero-order valence-electron chi connectivity index (χ0n) is 12.0. The van der Waals surface area contributed by atoms with Crippen molar-refractivity contribution in [1.82, 2.24) is 4.90 Å². The van der Waals surface area contributed by atoms with Crippen molar-refractivity contribution in [2.75, 3.05) is 26.8 Å². The quantitative estimate of drug-likeness (QED) is 0.789. The van der Waals surface area contributed by atoms with Crippen molar-refractivity contribution in [2.24, 2.45) is 11.7 Å². The maximum atomic E-state index is 5.70. The summed E-state index contributed by atoms with van der Waals surface area (Å²) < 4.78 is 5.19. The summed E-state index contributed by atoms with van der Waals surface area (Å²) in [4.78, 5) is 5.13. The first-order valence-corrected chi connectivity index (χ1v) is 7.38. The second kappa shape index (κ2) is 7.89. The summed E-state index contributed by atoms with van der Waals surface area (Å²) in [5, 5.41) is 0. The zero-order valence-corrected chi connectivity index (χ0v) is 12.8. The normalized spacial score (nSPS) is 11.7. The number of hydrogen-bond acceptors (Lipinski definition) is 4. The van der Waals surface area contributed by atoms with Crippen LogP contribution in [0.3, 0.4) is 0 Å². The Labute approximate surface area is 115 Å². The van der Waals surface area contributed by atoms with Crippen molar-refractivity contribution in [3.63, 3.8) is 0 Å². The molecule has 1 aromatic heterocycles. The van der Waals surface area contributed by atoms with Crippen LogP contribution in [0.15, 0.2) is 6.07 Å². The van der Waals surface area contributed by atoms with E-state index in [1.165, 1.54) is 15.3 Å². The first kappa shape index (κ1) is 15.6. The van der Waals surface area contributed by atoms with Crippen LogP contribution in [0.1, 0.15) is 29.2 Å². The molecule has 0 aliphatic heterocycles. The lowest BCUT2D eigenvalue weighted by Gasteiger charge is -2.23. The zero-order chi connectivity index (χ0) is 13.5. The molecule has 0 fully saturated rings. The summed E-state index contributed by atoms with van der Waals surface area (Å²) in [6, 6.07) is 2.25. The molecule has 0 bridgehead atoms. The fourth-order valence-corrected chi connectivity index (χ4v) is 2.99. The van der Waals surface area contributed by atoms with Gasteiger partial charge in [0, 0.05) is 43.0 Å². The Balaban J connectivity index is 2.65. The monoisotopic (exact) mass is 270 g/mol. The van der Waals surface area contributed by atoms with Crippen molar-refractivity contribution in [3.05, 3.63) is 21.4 Å². The molecule has 0 radical (unpaired) electrons. The molecule has 104 valence electrons. The third-order valence-corrected chi connectivity index (χ3v) is 4.02. The molecule has 0 aromatic carbocycles. The van der Waals surface area contributed by atoms with Gasteiger partial charge in [0.2, 0.25) is 0 Å². The number of nitrogens with two attached hydrogens (primary N) is 1. The molecule has 3 nitrogen and oxygen atoms in total. The number of rotatable bonds is 8. The Hall–Kier alpha value is -0.420. The molecule has 1 heterocycles. The summed E-state index contributed by atoms with van der Waals surface area (Å²) in [7, 11) is 1.76. The first-order chi connectivity index (χ1) is 8.56. The summed E-state index contributed by atoms with van der Waals surface area (Å²) in [6.07, 6.45) is 0. The molecule has 0 spiro atoms. The van der Waals surface area contributed by atoms with Gasteiger partial charge >= 0.3 is 0 Å². The van der Waals surface area contributed by atoms with Crippen LogP contribution in [-0.2, 0) is 17.8 Å². The molecule has 0 saturated heterocycles. The second-order valence-electron chi connectivity index (χ2n) is 5.12. The van der Waals surface area contributed by atoms with Crippen LogP contribution in [0, 0.1) is 12.8 Å². The Morgan fingerprint density at radius 2 is 2.17 bits per heavy atom. The summed E-state index contributed by atoms with van der Waals surface area (Å²) in [5.74, 6) is 0.676. The van der Waals surface area contributed by atoms with Crippen molar-refractivity contribution in [1.29, 1.82) is 0 Å². The number of nitrogens with zero attached hydrogens (tertiary/aromatic N) is 1. The van der Waals surface area contributed by atoms with Gasteiger partial charge in [-0.2, -0.15) is 0 Å². The maximum Gasteiger partial charge on any atom is 0.0589 e. The van der Waals surface area contributed by atoms with Gasteiger partial charge in [-0.15, -0.1) is 11.3 Å². The van der Waals surface area contributed by atoms with E-state index in [1.807, 2.05) is 11.3 Å². The van der Waals surface area contributed by atoms with E-state index >= 15 is 0 Å². The van der Waals surface area contributed by atoms with Crippen LogP contribution in [-0.4, -0.2) is 31.7 Å². The highest BCUT2D eigenvalue weighted by Crippen LogP contribution is 2.22. The van der Waals surface area contributed by atoms with E-state index in [2.05, 4.69) is 31.7 Å². The molecule has 2 N–H and O–H groups in total. The van der Waals surface area contributed by atoms with E-state index in [1.54, 1.807) is 7.11 Å². The molecule has 4 heteroatoms. The Kier molecular flexibility index (Phi) is 6.86. The third kappa shape index (κ3) is 5.06. The number of methoxy groups -OCH3 is 1. The van der Waals surface area contributed by atoms with Gasteiger partial charge < -0.3 is 10.5 Å². The molecule has 0 aliphatic rings. The number of aryl methyl sites for hydroxylation is 1. The summed E-state index contributed by atoms with van der Waals surface area (Å²) >= 11 is 1.82.